The fraction of sp³-hybridized carbons (Fsp3) is 0.280. The van der Waals surface area contributed by atoms with Crippen molar-refractivity contribution in [3.05, 3.63) is 83.7 Å². The molecule has 0 spiro atoms. The minimum atomic E-state index is -0.356. The van der Waals surface area contributed by atoms with Crippen LogP contribution in [0.4, 0.5) is 10.1 Å². The van der Waals surface area contributed by atoms with Crippen molar-refractivity contribution in [2.24, 2.45) is 0 Å². The van der Waals surface area contributed by atoms with Crippen molar-refractivity contribution in [1.29, 1.82) is 0 Å². The summed E-state index contributed by atoms with van der Waals surface area (Å²) in [4.78, 5) is 24.7. The quantitative estimate of drug-likeness (QED) is 0.403. The van der Waals surface area contributed by atoms with Gasteiger partial charge in [-0.1, -0.05) is 19.9 Å². The molecule has 1 amide bonds. The first-order valence-corrected chi connectivity index (χ1v) is 10.7. The Bertz CT molecular complexity index is 1230. The van der Waals surface area contributed by atoms with Gasteiger partial charge in [0.25, 0.3) is 5.91 Å². The standard InChI is InChI=1S/C25H26FN5O/c1-16(2)23-13-21(22-14-28-31(17(3)4)24(22)29-23)25(32)30(15-19-7-5-6-12-27-19)20-10-8-18(26)9-11-20/h5-14,16-17H,15H2,1-4H3. The summed E-state index contributed by atoms with van der Waals surface area (Å²) < 4.78 is 15.4. The predicted octanol–water partition coefficient (Wildman–Crippen LogP) is 5.52. The summed E-state index contributed by atoms with van der Waals surface area (Å²) in [6.07, 6.45) is 3.39. The summed E-state index contributed by atoms with van der Waals surface area (Å²) >= 11 is 0. The van der Waals surface area contributed by atoms with Crippen molar-refractivity contribution in [2.75, 3.05) is 4.90 Å². The van der Waals surface area contributed by atoms with Crippen molar-refractivity contribution >= 4 is 22.6 Å². The van der Waals surface area contributed by atoms with Gasteiger partial charge < -0.3 is 4.90 Å². The molecule has 164 valence electrons. The van der Waals surface area contributed by atoms with Crippen molar-refractivity contribution in [3.8, 4) is 0 Å². The summed E-state index contributed by atoms with van der Waals surface area (Å²) in [5, 5.41) is 5.18. The first-order chi connectivity index (χ1) is 15.3. The average molecular weight is 432 g/mol. The highest BCUT2D eigenvalue weighted by atomic mass is 19.1. The Kier molecular flexibility index (Phi) is 5.99. The zero-order chi connectivity index (χ0) is 22.8. The largest absolute Gasteiger partial charge is 0.302 e. The average Bonchev–Trinajstić information content (AvgIpc) is 3.22. The van der Waals surface area contributed by atoms with E-state index in [9.17, 15) is 9.18 Å². The van der Waals surface area contributed by atoms with Crippen molar-refractivity contribution in [1.82, 2.24) is 19.7 Å². The molecule has 0 fully saturated rings. The minimum absolute atomic E-state index is 0.104. The molecule has 0 bridgehead atoms. The topological polar surface area (TPSA) is 63.9 Å². The maximum absolute atomic E-state index is 13.9. The van der Waals surface area contributed by atoms with Crippen LogP contribution < -0.4 is 4.90 Å². The molecule has 0 saturated carbocycles. The van der Waals surface area contributed by atoms with Crippen LogP contribution in [0, 0.1) is 5.82 Å². The Morgan fingerprint density at radius 3 is 2.47 bits per heavy atom. The van der Waals surface area contributed by atoms with Gasteiger partial charge in [0.15, 0.2) is 5.65 Å². The number of aromatic nitrogens is 4. The second kappa shape index (κ2) is 8.86. The molecule has 1 aromatic carbocycles. The number of fused-ring (bicyclic) bond motifs is 1. The van der Waals surface area contributed by atoms with E-state index < -0.39 is 0 Å². The van der Waals surface area contributed by atoms with E-state index >= 15 is 0 Å². The molecule has 0 radical (unpaired) electrons. The molecule has 0 aliphatic heterocycles. The lowest BCUT2D eigenvalue weighted by Gasteiger charge is -2.23. The summed E-state index contributed by atoms with van der Waals surface area (Å²) in [6.45, 7) is 8.41. The van der Waals surface area contributed by atoms with Gasteiger partial charge >= 0.3 is 0 Å². The van der Waals surface area contributed by atoms with Gasteiger partial charge in [0.2, 0.25) is 0 Å². The Hall–Kier alpha value is -3.61. The lowest BCUT2D eigenvalue weighted by molar-refractivity contribution is 0.0986. The van der Waals surface area contributed by atoms with E-state index in [-0.39, 0.29) is 30.2 Å². The van der Waals surface area contributed by atoms with Gasteiger partial charge in [0.1, 0.15) is 5.82 Å². The van der Waals surface area contributed by atoms with E-state index in [1.807, 2.05) is 56.6 Å². The summed E-state index contributed by atoms with van der Waals surface area (Å²) in [5.74, 6) is -0.429. The van der Waals surface area contributed by atoms with Crippen LogP contribution in [0.5, 0.6) is 0 Å². The second-order valence-corrected chi connectivity index (χ2v) is 8.36. The number of hydrogen-bond acceptors (Lipinski definition) is 4. The van der Waals surface area contributed by atoms with Crippen molar-refractivity contribution in [2.45, 2.75) is 46.2 Å². The first kappa shape index (κ1) is 21.6. The van der Waals surface area contributed by atoms with Crippen LogP contribution in [0.25, 0.3) is 11.0 Å². The molecule has 3 heterocycles. The molecule has 7 heteroatoms. The summed E-state index contributed by atoms with van der Waals surface area (Å²) in [5.41, 5.74) is 3.35. The van der Waals surface area contributed by atoms with Crippen LogP contribution in [-0.4, -0.2) is 25.7 Å². The molecule has 0 aliphatic carbocycles. The van der Waals surface area contributed by atoms with Crippen LogP contribution >= 0.6 is 0 Å². The maximum atomic E-state index is 13.9. The highest BCUT2D eigenvalue weighted by Gasteiger charge is 2.24. The van der Waals surface area contributed by atoms with Crippen LogP contribution in [-0.2, 0) is 6.54 Å². The zero-order valence-corrected chi connectivity index (χ0v) is 18.7. The third-order valence-corrected chi connectivity index (χ3v) is 5.33. The summed E-state index contributed by atoms with van der Waals surface area (Å²) in [7, 11) is 0. The van der Waals surface area contributed by atoms with Crippen molar-refractivity contribution < 1.29 is 9.18 Å². The van der Waals surface area contributed by atoms with Crippen LogP contribution in [0.1, 0.15) is 61.4 Å². The molecule has 0 saturated heterocycles. The highest BCUT2D eigenvalue weighted by molar-refractivity contribution is 6.13. The Morgan fingerprint density at radius 1 is 1.09 bits per heavy atom. The third kappa shape index (κ3) is 4.23. The first-order valence-electron chi connectivity index (χ1n) is 10.7. The Labute approximate surface area is 186 Å². The molecule has 3 aromatic heterocycles. The number of nitrogens with zero attached hydrogens (tertiary/aromatic N) is 5. The van der Waals surface area contributed by atoms with E-state index in [1.165, 1.54) is 12.1 Å². The number of pyridine rings is 2. The monoisotopic (exact) mass is 431 g/mol. The lowest BCUT2D eigenvalue weighted by Crippen LogP contribution is -2.31. The number of carbonyl (C=O) groups excluding carboxylic acids is 1. The maximum Gasteiger partial charge on any atom is 0.259 e. The third-order valence-electron chi connectivity index (χ3n) is 5.33. The number of hydrogen-bond donors (Lipinski definition) is 0. The normalized spacial score (nSPS) is 11.5. The fourth-order valence-electron chi connectivity index (χ4n) is 3.59. The number of carbonyl (C=O) groups is 1. The van der Waals surface area contributed by atoms with E-state index in [0.717, 1.165) is 11.4 Å². The Balaban J connectivity index is 1.86. The summed E-state index contributed by atoms with van der Waals surface area (Å²) in [6, 6.07) is 13.4. The van der Waals surface area contributed by atoms with Gasteiger partial charge in [-0.15, -0.1) is 0 Å². The van der Waals surface area contributed by atoms with Gasteiger partial charge in [0, 0.05) is 23.6 Å². The minimum Gasteiger partial charge on any atom is -0.302 e. The number of benzene rings is 1. The molecule has 32 heavy (non-hydrogen) atoms. The molecule has 0 N–H and O–H groups in total. The van der Waals surface area contributed by atoms with E-state index in [0.29, 0.717) is 22.3 Å². The van der Waals surface area contributed by atoms with Crippen LogP contribution in [0.2, 0.25) is 0 Å². The fourth-order valence-corrected chi connectivity index (χ4v) is 3.59. The highest BCUT2D eigenvalue weighted by Crippen LogP contribution is 2.28. The van der Waals surface area contributed by atoms with Gasteiger partial charge in [-0.3, -0.25) is 9.78 Å². The van der Waals surface area contributed by atoms with Crippen LogP contribution in [0.15, 0.2) is 60.9 Å². The molecule has 4 aromatic rings. The van der Waals surface area contributed by atoms with Crippen LogP contribution in [0.3, 0.4) is 0 Å². The molecule has 0 aliphatic rings. The van der Waals surface area contributed by atoms with E-state index in [4.69, 9.17) is 4.98 Å². The number of halogens is 1. The number of amides is 1. The molecule has 0 atom stereocenters. The van der Waals surface area contributed by atoms with Gasteiger partial charge in [-0.25, -0.2) is 14.1 Å². The molecule has 0 unspecified atom stereocenters. The number of rotatable bonds is 6. The lowest BCUT2D eigenvalue weighted by atomic mass is 10.0. The van der Waals surface area contributed by atoms with E-state index in [2.05, 4.69) is 10.1 Å². The van der Waals surface area contributed by atoms with Gasteiger partial charge in [-0.2, -0.15) is 5.10 Å². The SMILES string of the molecule is CC(C)c1cc(C(=O)N(Cc2ccccn2)c2ccc(F)cc2)c2cnn(C(C)C)c2n1. The molecular weight excluding hydrogens is 405 g/mol. The van der Waals surface area contributed by atoms with Gasteiger partial charge in [0.05, 0.1) is 29.4 Å². The Morgan fingerprint density at radius 2 is 1.84 bits per heavy atom. The molecular formula is C25H26FN5O. The zero-order valence-electron chi connectivity index (χ0n) is 18.7. The smallest absolute Gasteiger partial charge is 0.259 e. The molecule has 4 rings (SSSR count). The van der Waals surface area contributed by atoms with E-state index in [1.54, 1.807) is 29.4 Å². The second-order valence-electron chi connectivity index (χ2n) is 8.36. The molecule has 6 nitrogen and oxygen atoms in total. The predicted molar refractivity (Wildman–Crippen MR) is 123 cm³/mol. The van der Waals surface area contributed by atoms with Gasteiger partial charge in [-0.05, 0) is 62.2 Å². The number of anilines is 1. The van der Waals surface area contributed by atoms with Crippen molar-refractivity contribution in [3.63, 3.8) is 0 Å².